The van der Waals surface area contributed by atoms with Crippen LogP contribution in [0, 0.1) is 0 Å². The number of hydrazone groups is 1. The molecular formula is C20H20F3N3O2S. The zero-order valence-corrected chi connectivity index (χ0v) is 16.7. The van der Waals surface area contributed by atoms with Gasteiger partial charge in [-0.25, -0.2) is 5.43 Å². The summed E-state index contributed by atoms with van der Waals surface area (Å²) in [7, 11) is 0. The van der Waals surface area contributed by atoms with E-state index in [1.165, 1.54) is 13.0 Å². The van der Waals surface area contributed by atoms with Crippen molar-refractivity contribution in [3.63, 3.8) is 0 Å². The molecule has 0 aromatic heterocycles. The molecule has 1 aliphatic rings. The highest BCUT2D eigenvalue weighted by molar-refractivity contribution is 8.15. The lowest BCUT2D eigenvalue weighted by Gasteiger charge is -2.28. The minimum Gasteiger partial charge on any atom is -0.440 e. The van der Waals surface area contributed by atoms with E-state index in [0.717, 1.165) is 17.8 Å². The summed E-state index contributed by atoms with van der Waals surface area (Å²) in [4.78, 5) is 11.7. The Hall–Kier alpha value is -2.68. The number of thioether (sulfide) groups is 1. The second-order valence-corrected chi connectivity index (χ2v) is 7.59. The molecule has 2 aromatic rings. The van der Waals surface area contributed by atoms with Crippen molar-refractivity contribution < 1.29 is 22.7 Å². The Morgan fingerprint density at radius 3 is 2.55 bits per heavy atom. The van der Waals surface area contributed by atoms with Gasteiger partial charge in [0.25, 0.3) is 0 Å². The maximum Gasteiger partial charge on any atom is 0.416 e. The number of ether oxygens (including phenoxy) is 1. The first-order chi connectivity index (χ1) is 13.7. The molecule has 1 atom stereocenters. The van der Waals surface area contributed by atoms with Crippen molar-refractivity contribution in [1.82, 2.24) is 10.7 Å². The number of alkyl halides is 3. The van der Waals surface area contributed by atoms with E-state index in [9.17, 15) is 18.0 Å². The molecule has 5 nitrogen and oxygen atoms in total. The van der Waals surface area contributed by atoms with Crippen molar-refractivity contribution in [2.45, 2.75) is 38.0 Å². The molecule has 9 heteroatoms. The minimum absolute atomic E-state index is 0.175. The number of hydrogen-bond donors (Lipinski definition) is 2. The van der Waals surface area contributed by atoms with Crippen LogP contribution in [0.25, 0.3) is 0 Å². The van der Waals surface area contributed by atoms with Crippen molar-refractivity contribution in [2.75, 3.05) is 0 Å². The summed E-state index contributed by atoms with van der Waals surface area (Å²) < 4.78 is 46.4. The van der Waals surface area contributed by atoms with E-state index in [-0.39, 0.29) is 17.9 Å². The average Bonchev–Trinajstić information content (AvgIpc) is 3.04. The number of para-hydroxylation sites is 1. The van der Waals surface area contributed by atoms with E-state index >= 15 is 0 Å². The quantitative estimate of drug-likeness (QED) is 0.673. The van der Waals surface area contributed by atoms with Crippen LogP contribution in [0.15, 0.2) is 53.6 Å². The number of benzene rings is 2. The van der Waals surface area contributed by atoms with Gasteiger partial charge in [0.2, 0.25) is 5.91 Å². The summed E-state index contributed by atoms with van der Waals surface area (Å²) in [6.07, 6.45) is -3.67. The smallest absolute Gasteiger partial charge is 0.416 e. The maximum atomic E-state index is 13.5. The second-order valence-electron chi connectivity index (χ2n) is 6.42. The van der Waals surface area contributed by atoms with Gasteiger partial charge in [-0.3, -0.25) is 10.1 Å². The van der Waals surface area contributed by atoms with Gasteiger partial charge < -0.3 is 4.74 Å². The molecule has 2 aromatic carbocycles. The number of rotatable bonds is 6. The van der Waals surface area contributed by atoms with Crippen molar-refractivity contribution >= 4 is 22.7 Å². The van der Waals surface area contributed by atoms with Crippen LogP contribution >= 0.6 is 11.8 Å². The molecule has 0 saturated heterocycles. The molecule has 0 bridgehead atoms. The average molecular weight is 423 g/mol. The number of nitrogens with one attached hydrogen (secondary N) is 2. The van der Waals surface area contributed by atoms with E-state index in [0.29, 0.717) is 22.8 Å². The van der Waals surface area contributed by atoms with Crippen LogP contribution in [0.2, 0.25) is 0 Å². The summed E-state index contributed by atoms with van der Waals surface area (Å²) in [5.74, 6) is 0.0886. The van der Waals surface area contributed by atoms with Gasteiger partial charge >= 0.3 is 11.4 Å². The number of nitrogens with zero attached hydrogens (tertiary/aromatic N) is 1. The normalized spacial score (nSPS) is 18.7. The largest absolute Gasteiger partial charge is 0.440 e. The summed E-state index contributed by atoms with van der Waals surface area (Å²) in [6, 6.07) is 12.8. The number of halogens is 3. The molecule has 1 unspecified atom stereocenters. The number of carbonyl (C=O) groups excluding carboxylic acids is 1. The van der Waals surface area contributed by atoms with Gasteiger partial charge in [0.05, 0.1) is 5.56 Å². The number of carbonyl (C=O) groups is 1. The van der Waals surface area contributed by atoms with E-state index in [4.69, 9.17) is 4.74 Å². The summed E-state index contributed by atoms with van der Waals surface area (Å²) >= 11 is 1.01. The fraction of sp³-hybridized carbons (Fsp3) is 0.300. The molecule has 0 saturated carbocycles. The van der Waals surface area contributed by atoms with Gasteiger partial charge in [0.1, 0.15) is 10.8 Å². The standard InChI is InChI=1S/C20H20F3N3O2S/c1-3-8-15-16(11-7-12-17(15)19(21,22)23)18-25-26-20(29-18,24-13(2)27)28-14-9-5-4-6-10-14/h4-7,9-12,26H,3,8H2,1-2H3,(H,24,27). The van der Waals surface area contributed by atoms with Crippen LogP contribution in [0.4, 0.5) is 13.2 Å². The molecule has 0 fully saturated rings. The Kier molecular flexibility index (Phi) is 6.07. The zero-order valence-electron chi connectivity index (χ0n) is 15.8. The Labute approximate surface area is 170 Å². The molecule has 154 valence electrons. The van der Waals surface area contributed by atoms with Gasteiger partial charge in [-0.2, -0.15) is 18.3 Å². The first-order valence-electron chi connectivity index (χ1n) is 9.00. The molecule has 1 amide bonds. The van der Waals surface area contributed by atoms with Gasteiger partial charge in [-0.1, -0.05) is 43.7 Å². The van der Waals surface area contributed by atoms with Crippen LogP contribution in [-0.4, -0.2) is 16.1 Å². The lowest BCUT2D eigenvalue weighted by molar-refractivity contribution is -0.138. The lowest BCUT2D eigenvalue weighted by Crippen LogP contribution is -2.56. The van der Waals surface area contributed by atoms with E-state index < -0.39 is 16.9 Å². The van der Waals surface area contributed by atoms with E-state index in [1.807, 2.05) is 13.0 Å². The van der Waals surface area contributed by atoms with Gasteiger partial charge in [-0.05, 0) is 41.9 Å². The fourth-order valence-corrected chi connectivity index (χ4v) is 4.09. The molecule has 0 aliphatic carbocycles. The summed E-state index contributed by atoms with van der Waals surface area (Å²) in [5, 5.41) is 5.70. The maximum absolute atomic E-state index is 13.5. The van der Waals surface area contributed by atoms with Crippen LogP contribution in [-0.2, 0) is 17.4 Å². The SMILES string of the molecule is CCCc1c(C2=NNC(NC(C)=O)(Oc3ccccc3)S2)cccc1C(F)(F)F. The number of hydrogen-bond acceptors (Lipinski definition) is 5. The Balaban J connectivity index is 1.96. The predicted octanol–water partition coefficient (Wildman–Crippen LogP) is 4.48. The molecule has 1 heterocycles. The molecular weight excluding hydrogens is 403 g/mol. The first kappa shape index (κ1) is 21.0. The lowest BCUT2D eigenvalue weighted by atomic mass is 9.97. The van der Waals surface area contributed by atoms with Crippen molar-refractivity contribution in [1.29, 1.82) is 0 Å². The third kappa shape index (κ3) is 4.84. The fourth-order valence-electron chi connectivity index (χ4n) is 3.00. The zero-order chi connectivity index (χ0) is 21.1. The van der Waals surface area contributed by atoms with Gasteiger partial charge in [-0.15, -0.1) is 0 Å². The molecule has 3 rings (SSSR count). The Bertz CT molecular complexity index is 919. The number of amides is 1. The monoisotopic (exact) mass is 423 g/mol. The highest BCUT2D eigenvalue weighted by Crippen LogP contribution is 2.38. The van der Waals surface area contributed by atoms with Crippen LogP contribution < -0.4 is 15.5 Å². The van der Waals surface area contributed by atoms with Crippen molar-refractivity contribution in [2.24, 2.45) is 5.10 Å². The molecule has 2 N–H and O–H groups in total. The predicted molar refractivity (Wildman–Crippen MR) is 106 cm³/mol. The first-order valence-corrected chi connectivity index (χ1v) is 9.82. The summed E-state index contributed by atoms with van der Waals surface area (Å²) in [5.41, 5.74) is 2.60. The third-order valence-electron chi connectivity index (χ3n) is 4.10. The summed E-state index contributed by atoms with van der Waals surface area (Å²) in [6.45, 7) is 3.14. The van der Waals surface area contributed by atoms with Gasteiger partial charge in [0, 0.05) is 12.5 Å². The molecule has 29 heavy (non-hydrogen) atoms. The third-order valence-corrected chi connectivity index (χ3v) is 5.17. The second kappa shape index (κ2) is 8.36. The van der Waals surface area contributed by atoms with Crippen molar-refractivity contribution in [3.8, 4) is 5.75 Å². The Morgan fingerprint density at radius 1 is 1.21 bits per heavy atom. The highest BCUT2D eigenvalue weighted by atomic mass is 32.2. The van der Waals surface area contributed by atoms with Gasteiger partial charge in [0.15, 0.2) is 0 Å². The topological polar surface area (TPSA) is 62.7 Å². The van der Waals surface area contributed by atoms with E-state index in [1.54, 1.807) is 30.3 Å². The van der Waals surface area contributed by atoms with Crippen LogP contribution in [0.5, 0.6) is 5.75 Å². The van der Waals surface area contributed by atoms with E-state index in [2.05, 4.69) is 15.8 Å². The van der Waals surface area contributed by atoms with Crippen LogP contribution in [0.3, 0.4) is 0 Å². The molecule has 1 aliphatic heterocycles. The minimum atomic E-state index is -4.47. The highest BCUT2D eigenvalue weighted by Gasteiger charge is 2.43. The van der Waals surface area contributed by atoms with Crippen LogP contribution in [0.1, 0.15) is 37.0 Å². The molecule has 0 radical (unpaired) electrons. The Morgan fingerprint density at radius 2 is 1.93 bits per heavy atom. The van der Waals surface area contributed by atoms with Crippen molar-refractivity contribution in [3.05, 3.63) is 65.2 Å². The molecule has 0 spiro atoms.